The number of aromatic nitrogens is 1. The van der Waals surface area contributed by atoms with E-state index in [4.69, 9.17) is 0 Å². The standard InChI is InChI=1S/C14H22N2OS/c1-10-9-18-13(16-10)7-12(17)14(2,3)11-5-4-6-15-8-11/h9,11,15H,4-8H2,1-3H3. The van der Waals surface area contributed by atoms with E-state index in [-0.39, 0.29) is 5.41 Å². The second-order valence-corrected chi connectivity index (χ2v) is 6.69. The maximum atomic E-state index is 12.5. The number of Topliss-reactive ketones (excluding diaryl/α,β-unsaturated/α-hetero) is 1. The number of carbonyl (C=O) groups excluding carboxylic acids is 1. The lowest BCUT2D eigenvalue weighted by Gasteiger charge is -2.36. The van der Waals surface area contributed by atoms with Gasteiger partial charge < -0.3 is 5.32 Å². The largest absolute Gasteiger partial charge is 0.316 e. The summed E-state index contributed by atoms with van der Waals surface area (Å²) in [7, 11) is 0. The quantitative estimate of drug-likeness (QED) is 0.911. The molecule has 100 valence electrons. The van der Waals surface area contributed by atoms with Gasteiger partial charge in [0, 0.05) is 16.5 Å². The molecule has 2 heterocycles. The van der Waals surface area contributed by atoms with Crippen molar-refractivity contribution in [3.05, 3.63) is 16.1 Å². The summed E-state index contributed by atoms with van der Waals surface area (Å²) in [4.78, 5) is 16.9. The highest BCUT2D eigenvalue weighted by atomic mass is 32.1. The summed E-state index contributed by atoms with van der Waals surface area (Å²) in [6.07, 6.45) is 2.82. The maximum absolute atomic E-state index is 12.5. The van der Waals surface area contributed by atoms with Gasteiger partial charge in [0.15, 0.2) is 0 Å². The topological polar surface area (TPSA) is 42.0 Å². The van der Waals surface area contributed by atoms with Gasteiger partial charge >= 0.3 is 0 Å². The van der Waals surface area contributed by atoms with Crippen LogP contribution in [0.4, 0.5) is 0 Å². The van der Waals surface area contributed by atoms with Gasteiger partial charge in [-0.15, -0.1) is 11.3 Å². The SMILES string of the molecule is Cc1csc(CC(=O)C(C)(C)C2CCCNC2)n1. The number of piperidine rings is 1. The lowest BCUT2D eigenvalue weighted by atomic mass is 9.71. The molecule has 1 fully saturated rings. The van der Waals surface area contributed by atoms with E-state index < -0.39 is 0 Å². The molecular weight excluding hydrogens is 244 g/mol. The third kappa shape index (κ3) is 2.98. The summed E-state index contributed by atoms with van der Waals surface area (Å²) in [6, 6.07) is 0. The van der Waals surface area contributed by atoms with Crippen LogP contribution in [-0.4, -0.2) is 23.9 Å². The molecule has 0 aliphatic carbocycles. The molecule has 1 aromatic rings. The predicted molar refractivity (Wildman–Crippen MR) is 74.9 cm³/mol. The van der Waals surface area contributed by atoms with Crippen LogP contribution in [0.2, 0.25) is 0 Å². The van der Waals surface area contributed by atoms with Gasteiger partial charge in [-0.3, -0.25) is 4.79 Å². The summed E-state index contributed by atoms with van der Waals surface area (Å²) in [5.41, 5.74) is 0.771. The highest BCUT2D eigenvalue weighted by Crippen LogP contribution is 2.33. The van der Waals surface area contributed by atoms with Crippen molar-refractivity contribution in [1.82, 2.24) is 10.3 Å². The summed E-state index contributed by atoms with van der Waals surface area (Å²) in [5, 5.41) is 6.36. The van der Waals surface area contributed by atoms with Gasteiger partial charge in [0.1, 0.15) is 10.8 Å². The highest BCUT2D eigenvalue weighted by molar-refractivity contribution is 7.09. The second kappa shape index (κ2) is 5.49. The van der Waals surface area contributed by atoms with Crippen LogP contribution in [-0.2, 0) is 11.2 Å². The van der Waals surface area contributed by atoms with Crippen molar-refractivity contribution in [3.63, 3.8) is 0 Å². The molecule has 4 heteroatoms. The molecular formula is C14H22N2OS. The fourth-order valence-electron chi connectivity index (χ4n) is 2.54. The summed E-state index contributed by atoms with van der Waals surface area (Å²) >= 11 is 1.59. The fraction of sp³-hybridized carbons (Fsp3) is 0.714. The van der Waals surface area contributed by atoms with Crippen molar-refractivity contribution in [2.24, 2.45) is 11.3 Å². The Morgan fingerprint density at radius 1 is 1.61 bits per heavy atom. The van der Waals surface area contributed by atoms with Crippen LogP contribution in [0.5, 0.6) is 0 Å². The van der Waals surface area contributed by atoms with Crippen molar-refractivity contribution in [3.8, 4) is 0 Å². The van der Waals surface area contributed by atoms with Crippen molar-refractivity contribution < 1.29 is 4.79 Å². The summed E-state index contributed by atoms with van der Waals surface area (Å²) < 4.78 is 0. The molecule has 0 bridgehead atoms. The van der Waals surface area contributed by atoms with Crippen molar-refractivity contribution in [1.29, 1.82) is 0 Å². The monoisotopic (exact) mass is 266 g/mol. The number of nitrogens with zero attached hydrogens (tertiary/aromatic N) is 1. The first-order valence-electron chi connectivity index (χ1n) is 6.65. The zero-order chi connectivity index (χ0) is 13.2. The average Bonchev–Trinajstić information content (AvgIpc) is 2.76. The first kappa shape index (κ1) is 13.7. The number of ketones is 1. The van der Waals surface area contributed by atoms with E-state index >= 15 is 0 Å². The van der Waals surface area contributed by atoms with E-state index in [0.717, 1.165) is 30.2 Å². The lowest BCUT2D eigenvalue weighted by Crippen LogP contribution is -2.43. The molecule has 0 amide bonds. The van der Waals surface area contributed by atoms with Crippen molar-refractivity contribution >= 4 is 17.1 Å². The van der Waals surface area contributed by atoms with Gasteiger partial charge in [-0.05, 0) is 38.8 Å². The Labute approximate surface area is 113 Å². The predicted octanol–water partition coefficient (Wildman–Crippen LogP) is 2.59. The third-order valence-corrected chi connectivity index (χ3v) is 4.98. The van der Waals surface area contributed by atoms with Crippen LogP contribution >= 0.6 is 11.3 Å². The molecule has 18 heavy (non-hydrogen) atoms. The normalized spacial score (nSPS) is 20.9. The number of rotatable bonds is 4. The molecule has 1 saturated heterocycles. The van der Waals surface area contributed by atoms with Gasteiger partial charge in [-0.25, -0.2) is 4.98 Å². The van der Waals surface area contributed by atoms with Gasteiger partial charge in [0.2, 0.25) is 0 Å². The Hall–Kier alpha value is -0.740. The van der Waals surface area contributed by atoms with Crippen molar-refractivity contribution in [2.75, 3.05) is 13.1 Å². The number of carbonyl (C=O) groups is 1. The van der Waals surface area contributed by atoms with Gasteiger partial charge in [-0.2, -0.15) is 0 Å². The van der Waals surface area contributed by atoms with Crippen LogP contribution in [0.3, 0.4) is 0 Å². The zero-order valence-electron chi connectivity index (χ0n) is 11.5. The molecule has 1 atom stereocenters. The smallest absolute Gasteiger partial charge is 0.145 e. The summed E-state index contributed by atoms with van der Waals surface area (Å²) in [6.45, 7) is 8.21. The van der Waals surface area contributed by atoms with Crippen LogP contribution in [0.1, 0.15) is 37.4 Å². The van der Waals surface area contributed by atoms with Crippen molar-refractivity contribution in [2.45, 2.75) is 40.0 Å². The Bertz CT molecular complexity index is 419. The average molecular weight is 266 g/mol. The van der Waals surface area contributed by atoms with Gasteiger partial charge in [-0.1, -0.05) is 13.8 Å². The fourth-order valence-corrected chi connectivity index (χ4v) is 3.31. The minimum absolute atomic E-state index is 0.243. The first-order chi connectivity index (χ1) is 8.50. The molecule has 1 N–H and O–H groups in total. The third-order valence-electron chi connectivity index (χ3n) is 4.01. The van der Waals surface area contributed by atoms with E-state index in [2.05, 4.69) is 24.1 Å². The molecule has 0 spiro atoms. The number of nitrogens with one attached hydrogen (secondary N) is 1. The van der Waals surface area contributed by atoms with Crippen LogP contribution in [0.15, 0.2) is 5.38 Å². The van der Waals surface area contributed by atoms with Gasteiger partial charge in [0.05, 0.1) is 6.42 Å². The molecule has 2 rings (SSSR count). The number of thiazole rings is 1. The minimum atomic E-state index is -0.243. The van der Waals surface area contributed by atoms with E-state index in [9.17, 15) is 4.79 Å². The molecule has 1 aromatic heterocycles. The van der Waals surface area contributed by atoms with E-state index in [1.807, 2.05) is 12.3 Å². The molecule has 0 saturated carbocycles. The molecule has 0 radical (unpaired) electrons. The zero-order valence-corrected chi connectivity index (χ0v) is 12.3. The molecule has 3 nitrogen and oxygen atoms in total. The molecule has 1 unspecified atom stereocenters. The van der Waals surface area contributed by atoms with E-state index in [1.54, 1.807) is 11.3 Å². The van der Waals surface area contributed by atoms with Gasteiger partial charge in [0.25, 0.3) is 0 Å². The molecule has 1 aliphatic heterocycles. The number of aryl methyl sites for hydroxylation is 1. The number of hydrogen-bond donors (Lipinski definition) is 1. The van der Waals surface area contributed by atoms with Crippen LogP contribution in [0.25, 0.3) is 0 Å². The lowest BCUT2D eigenvalue weighted by molar-refractivity contribution is -0.129. The maximum Gasteiger partial charge on any atom is 0.145 e. The Kier molecular flexibility index (Phi) is 4.17. The van der Waals surface area contributed by atoms with E-state index in [1.165, 1.54) is 6.42 Å². The number of hydrogen-bond acceptors (Lipinski definition) is 4. The Balaban J connectivity index is 2.02. The molecule has 1 aliphatic rings. The minimum Gasteiger partial charge on any atom is -0.316 e. The molecule has 0 aromatic carbocycles. The Morgan fingerprint density at radius 3 is 2.94 bits per heavy atom. The van der Waals surface area contributed by atoms with Crippen LogP contribution < -0.4 is 5.32 Å². The Morgan fingerprint density at radius 2 is 2.39 bits per heavy atom. The summed E-state index contributed by atoms with van der Waals surface area (Å²) in [5.74, 6) is 0.783. The van der Waals surface area contributed by atoms with E-state index in [0.29, 0.717) is 18.1 Å². The highest BCUT2D eigenvalue weighted by Gasteiger charge is 2.37. The second-order valence-electron chi connectivity index (χ2n) is 5.75. The van der Waals surface area contributed by atoms with Crippen LogP contribution in [0, 0.1) is 18.3 Å². The first-order valence-corrected chi connectivity index (χ1v) is 7.53.